The van der Waals surface area contributed by atoms with Gasteiger partial charge in [0.05, 0.1) is 6.04 Å². The summed E-state index contributed by atoms with van der Waals surface area (Å²) in [6, 6.07) is -4.03. The van der Waals surface area contributed by atoms with Gasteiger partial charge in [0.1, 0.15) is 18.1 Å². The molecule has 1 aliphatic rings. The highest BCUT2D eigenvalue weighted by molar-refractivity contribution is 5.94. The predicted octanol–water partition coefficient (Wildman–Crippen LogP) is -2.28. The highest BCUT2D eigenvalue weighted by Gasteiger charge is 2.39. The molecule has 1 heterocycles. The number of hydrogen-bond acceptors (Lipinski definition) is 7. The number of nitrogens with zero attached hydrogens (tertiary/aromatic N) is 2. The Bertz CT molecular complexity index is 829. The van der Waals surface area contributed by atoms with Gasteiger partial charge in [-0.25, -0.2) is 4.79 Å². The van der Waals surface area contributed by atoms with Crippen molar-refractivity contribution >= 4 is 35.6 Å². The Labute approximate surface area is 210 Å². The van der Waals surface area contributed by atoms with Crippen LogP contribution in [-0.4, -0.2) is 82.8 Å². The van der Waals surface area contributed by atoms with Crippen LogP contribution in [0.4, 0.5) is 0 Å². The lowest BCUT2D eigenvalue weighted by Crippen LogP contribution is -2.56. The van der Waals surface area contributed by atoms with Gasteiger partial charge < -0.3 is 43.6 Å². The summed E-state index contributed by atoms with van der Waals surface area (Å²) in [5, 5.41) is 14.5. The van der Waals surface area contributed by atoms with Gasteiger partial charge in [-0.1, -0.05) is 13.8 Å². The van der Waals surface area contributed by atoms with Gasteiger partial charge in [-0.2, -0.15) is 0 Å². The van der Waals surface area contributed by atoms with Crippen LogP contribution in [0, 0.1) is 5.92 Å². The van der Waals surface area contributed by atoms with E-state index in [1.54, 1.807) is 0 Å². The van der Waals surface area contributed by atoms with Crippen molar-refractivity contribution in [3.63, 3.8) is 0 Å². The SMILES string of the molecule is CC(C)CC(N)C(=O)NC(CCCN=C(N)N)C(=O)N1CCCC1C(=O)NC(CCC(N)=O)C(=O)O. The molecule has 11 N–H and O–H groups in total. The van der Waals surface area contributed by atoms with Crippen LogP contribution in [0.15, 0.2) is 4.99 Å². The quantitative estimate of drug-likeness (QED) is 0.0708. The van der Waals surface area contributed by atoms with Gasteiger partial charge in [0, 0.05) is 19.5 Å². The van der Waals surface area contributed by atoms with Gasteiger partial charge in [0.2, 0.25) is 23.6 Å². The summed E-state index contributed by atoms with van der Waals surface area (Å²) < 4.78 is 0. The van der Waals surface area contributed by atoms with Crippen molar-refractivity contribution in [3.8, 4) is 0 Å². The summed E-state index contributed by atoms with van der Waals surface area (Å²) in [5.41, 5.74) is 21.7. The number of carbonyl (C=O) groups excluding carboxylic acids is 4. The number of hydrogen-bond donors (Lipinski definition) is 7. The average molecular weight is 513 g/mol. The number of nitrogens with two attached hydrogens (primary N) is 4. The van der Waals surface area contributed by atoms with Crippen LogP contribution in [0.3, 0.4) is 0 Å². The van der Waals surface area contributed by atoms with Crippen LogP contribution >= 0.6 is 0 Å². The molecule has 0 spiro atoms. The molecule has 0 aromatic carbocycles. The maximum atomic E-state index is 13.4. The summed E-state index contributed by atoms with van der Waals surface area (Å²) in [7, 11) is 0. The highest BCUT2D eigenvalue weighted by Crippen LogP contribution is 2.20. The molecule has 204 valence electrons. The summed E-state index contributed by atoms with van der Waals surface area (Å²) in [6.45, 7) is 4.34. The van der Waals surface area contributed by atoms with Crippen LogP contribution in [-0.2, 0) is 24.0 Å². The summed E-state index contributed by atoms with van der Waals surface area (Å²) >= 11 is 0. The molecule has 1 fully saturated rings. The van der Waals surface area contributed by atoms with Crippen molar-refractivity contribution < 1.29 is 29.1 Å². The molecular weight excluding hydrogens is 472 g/mol. The van der Waals surface area contributed by atoms with E-state index in [1.807, 2.05) is 13.8 Å². The number of aliphatic carboxylic acids is 1. The lowest BCUT2D eigenvalue weighted by molar-refractivity contribution is -0.145. The van der Waals surface area contributed by atoms with Gasteiger partial charge >= 0.3 is 5.97 Å². The molecule has 4 amide bonds. The van der Waals surface area contributed by atoms with Crippen LogP contribution in [0.2, 0.25) is 0 Å². The molecule has 0 aromatic rings. The maximum absolute atomic E-state index is 13.4. The largest absolute Gasteiger partial charge is 0.480 e. The Morgan fingerprint density at radius 2 is 1.72 bits per heavy atom. The summed E-state index contributed by atoms with van der Waals surface area (Å²) in [4.78, 5) is 66.7. The second kappa shape index (κ2) is 14.9. The van der Waals surface area contributed by atoms with Gasteiger partial charge in [0.15, 0.2) is 5.96 Å². The number of carboxylic acid groups (broad SMARTS) is 1. The molecule has 4 atom stereocenters. The van der Waals surface area contributed by atoms with E-state index in [0.717, 1.165) is 0 Å². The number of aliphatic imine (C=N–C) groups is 1. The third-order valence-corrected chi connectivity index (χ3v) is 5.75. The molecule has 1 rings (SSSR count). The number of rotatable bonds is 15. The minimum absolute atomic E-state index is 0.0959. The molecule has 1 saturated heterocycles. The van der Waals surface area contributed by atoms with E-state index in [1.165, 1.54) is 4.90 Å². The molecular formula is C22H40N8O6. The molecule has 0 bridgehead atoms. The molecule has 36 heavy (non-hydrogen) atoms. The van der Waals surface area contributed by atoms with E-state index < -0.39 is 53.8 Å². The Morgan fingerprint density at radius 3 is 2.28 bits per heavy atom. The number of guanidine groups is 1. The first-order valence-corrected chi connectivity index (χ1v) is 12.1. The van der Waals surface area contributed by atoms with Crippen LogP contribution < -0.4 is 33.6 Å². The first kappa shape index (κ1) is 30.6. The minimum Gasteiger partial charge on any atom is -0.480 e. The van der Waals surface area contributed by atoms with Crippen molar-refractivity contribution in [2.45, 2.75) is 83.0 Å². The smallest absolute Gasteiger partial charge is 0.326 e. The Morgan fingerprint density at radius 1 is 1.06 bits per heavy atom. The molecule has 4 unspecified atom stereocenters. The highest BCUT2D eigenvalue weighted by atomic mass is 16.4. The Kier molecular flexibility index (Phi) is 12.6. The number of likely N-dealkylation sites (tertiary alicyclic amines) is 1. The van der Waals surface area contributed by atoms with Crippen molar-refractivity contribution in [3.05, 3.63) is 0 Å². The zero-order chi connectivity index (χ0) is 27.4. The van der Waals surface area contributed by atoms with Crippen LogP contribution in [0.1, 0.15) is 58.8 Å². The molecule has 0 aliphatic carbocycles. The monoisotopic (exact) mass is 512 g/mol. The van der Waals surface area contributed by atoms with E-state index in [0.29, 0.717) is 25.7 Å². The van der Waals surface area contributed by atoms with Crippen molar-refractivity contribution in [1.29, 1.82) is 0 Å². The zero-order valence-electron chi connectivity index (χ0n) is 20.9. The van der Waals surface area contributed by atoms with Gasteiger partial charge in [-0.3, -0.25) is 24.2 Å². The van der Waals surface area contributed by atoms with E-state index >= 15 is 0 Å². The Hall–Kier alpha value is -3.42. The number of carboxylic acids is 1. The third kappa shape index (κ3) is 10.5. The number of nitrogens with one attached hydrogen (secondary N) is 2. The Balaban J connectivity index is 2.98. The number of amides is 4. The van der Waals surface area contributed by atoms with Gasteiger partial charge in [-0.05, 0) is 44.4 Å². The molecule has 14 nitrogen and oxygen atoms in total. The summed E-state index contributed by atoms with van der Waals surface area (Å²) in [5.74, 6) is -3.55. The first-order valence-electron chi connectivity index (χ1n) is 12.1. The molecule has 0 radical (unpaired) electrons. The van der Waals surface area contributed by atoms with E-state index in [4.69, 9.17) is 22.9 Å². The zero-order valence-corrected chi connectivity index (χ0v) is 20.9. The normalized spacial score (nSPS) is 17.7. The van der Waals surface area contributed by atoms with Crippen molar-refractivity contribution in [2.24, 2.45) is 33.8 Å². The molecule has 0 aromatic heterocycles. The minimum atomic E-state index is -1.33. The second-order valence-corrected chi connectivity index (χ2v) is 9.34. The fourth-order valence-electron chi connectivity index (χ4n) is 3.97. The lowest BCUT2D eigenvalue weighted by atomic mass is 10.0. The van der Waals surface area contributed by atoms with Gasteiger partial charge in [0.25, 0.3) is 0 Å². The van der Waals surface area contributed by atoms with Crippen molar-refractivity contribution in [1.82, 2.24) is 15.5 Å². The lowest BCUT2D eigenvalue weighted by Gasteiger charge is -2.30. The predicted molar refractivity (Wildman–Crippen MR) is 132 cm³/mol. The average Bonchev–Trinajstić information content (AvgIpc) is 3.27. The molecule has 0 saturated carbocycles. The third-order valence-electron chi connectivity index (χ3n) is 5.75. The van der Waals surface area contributed by atoms with E-state index in [9.17, 15) is 29.1 Å². The van der Waals surface area contributed by atoms with Crippen LogP contribution in [0.25, 0.3) is 0 Å². The number of carbonyl (C=O) groups is 5. The maximum Gasteiger partial charge on any atom is 0.326 e. The standard InChI is InChI=1S/C22H40N8O6/c1-12(2)11-13(23)18(32)28-14(5-3-9-27-22(25)26)20(34)30-10-4-6-16(30)19(33)29-15(21(35)36)7-8-17(24)31/h12-16H,3-11,23H2,1-2H3,(H2,24,31)(H,28,32)(H,29,33)(H,35,36)(H4,25,26,27). The fourth-order valence-corrected chi connectivity index (χ4v) is 3.97. The first-order chi connectivity index (χ1) is 16.8. The topological polar surface area (TPSA) is 249 Å². The van der Waals surface area contributed by atoms with Crippen LogP contribution in [0.5, 0.6) is 0 Å². The fraction of sp³-hybridized carbons (Fsp3) is 0.727. The van der Waals surface area contributed by atoms with Gasteiger partial charge in [-0.15, -0.1) is 0 Å². The molecule has 1 aliphatic heterocycles. The van der Waals surface area contributed by atoms with Crippen molar-refractivity contribution in [2.75, 3.05) is 13.1 Å². The molecule has 14 heteroatoms. The van der Waals surface area contributed by atoms with E-state index in [2.05, 4.69) is 15.6 Å². The second-order valence-electron chi connectivity index (χ2n) is 9.34. The number of primary amides is 1. The van der Waals surface area contributed by atoms with E-state index in [-0.39, 0.29) is 44.2 Å². The summed E-state index contributed by atoms with van der Waals surface area (Å²) in [6.07, 6.45) is 1.46.